The van der Waals surface area contributed by atoms with E-state index >= 15 is 0 Å². The van der Waals surface area contributed by atoms with E-state index in [0.717, 1.165) is 17.3 Å². The number of amides is 2. The Balaban J connectivity index is 1.38. The number of aromatic nitrogens is 5. The van der Waals surface area contributed by atoms with E-state index in [1.54, 1.807) is 36.1 Å². The van der Waals surface area contributed by atoms with Crippen LogP contribution < -0.4 is 16.4 Å². The lowest BCUT2D eigenvalue weighted by Gasteiger charge is -2.22. The molecule has 4 heterocycles. The zero-order valence-corrected chi connectivity index (χ0v) is 23.4. The van der Waals surface area contributed by atoms with Crippen LogP contribution in [0, 0.1) is 11.3 Å². The number of alkyl halides is 3. The van der Waals surface area contributed by atoms with Gasteiger partial charge in [-0.2, -0.15) is 23.5 Å². The van der Waals surface area contributed by atoms with E-state index in [1.165, 1.54) is 23.0 Å². The molecule has 1 aliphatic rings. The number of fused-ring (bicyclic) bond motifs is 1. The monoisotopic (exact) mass is 594 g/mol. The number of carbonyl (C=O) groups is 2. The van der Waals surface area contributed by atoms with Crippen LogP contribution in [-0.2, 0) is 23.9 Å². The number of likely N-dealkylation sites (tertiary alicyclic amines) is 1. The number of rotatable bonds is 8. The number of carbonyl (C=O) groups excluding carboxylic acids is 2. The summed E-state index contributed by atoms with van der Waals surface area (Å²) in [6, 6.07) is 6.08. The van der Waals surface area contributed by atoms with Gasteiger partial charge in [0.05, 0.1) is 23.5 Å². The Bertz CT molecular complexity index is 1720. The molecule has 2 atom stereocenters. The quantitative estimate of drug-likeness (QED) is 0.281. The Kier molecular flexibility index (Phi) is 8.05. The summed E-state index contributed by atoms with van der Waals surface area (Å²) in [5, 5.41) is 18.4. The van der Waals surface area contributed by atoms with Crippen molar-refractivity contribution in [3.8, 4) is 17.3 Å². The molecule has 12 nitrogen and oxygen atoms in total. The molecule has 0 saturated carbocycles. The van der Waals surface area contributed by atoms with E-state index in [1.807, 2.05) is 6.92 Å². The molecule has 1 fully saturated rings. The van der Waals surface area contributed by atoms with Crippen molar-refractivity contribution in [2.75, 3.05) is 18.4 Å². The molecule has 224 valence electrons. The third-order valence-corrected chi connectivity index (χ3v) is 7.21. The van der Waals surface area contributed by atoms with Crippen LogP contribution >= 0.6 is 0 Å². The fraction of sp³-hybridized carbons (Fsp3) is 0.357. The maximum atomic E-state index is 13.8. The second-order valence-corrected chi connectivity index (χ2v) is 10.2. The SMILES string of the molecule is CCc1cc(Nc2nccn3c(-c4cn(CC#N)nc4C(F)(F)F)cnc23)ccc1C(=O)NC(C)C(=O)N1CC[C@H](N)C1. The van der Waals surface area contributed by atoms with E-state index in [2.05, 4.69) is 25.7 Å². The minimum absolute atomic E-state index is 0.0571. The Morgan fingerprint density at radius 1 is 1.28 bits per heavy atom. The Hall–Kier alpha value is -4.97. The van der Waals surface area contributed by atoms with Crippen LogP contribution in [0.1, 0.15) is 41.9 Å². The highest BCUT2D eigenvalue weighted by Gasteiger charge is 2.38. The molecular formula is C28H29F3N10O2. The Morgan fingerprint density at radius 2 is 2.07 bits per heavy atom. The van der Waals surface area contributed by atoms with Crippen molar-refractivity contribution in [2.24, 2.45) is 5.73 Å². The summed E-state index contributed by atoms with van der Waals surface area (Å²) in [5.74, 6) is -0.298. The van der Waals surface area contributed by atoms with Gasteiger partial charge in [0.15, 0.2) is 17.2 Å². The lowest BCUT2D eigenvalue weighted by atomic mass is 10.0. The zero-order chi connectivity index (χ0) is 30.9. The number of nitrogens with one attached hydrogen (secondary N) is 2. The lowest BCUT2D eigenvalue weighted by Crippen LogP contribution is -2.46. The van der Waals surface area contributed by atoms with Crippen molar-refractivity contribution in [2.45, 2.75) is 51.5 Å². The molecule has 2 amide bonds. The predicted octanol–water partition coefficient (Wildman–Crippen LogP) is 3.12. The maximum absolute atomic E-state index is 13.8. The summed E-state index contributed by atoms with van der Waals surface area (Å²) in [5.41, 5.74) is 6.63. The normalized spacial score (nSPS) is 15.8. The molecule has 1 aliphatic heterocycles. The number of aryl methyl sites for hydroxylation is 1. The van der Waals surface area contributed by atoms with E-state index in [4.69, 9.17) is 11.0 Å². The van der Waals surface area contributed by atoms with Crippen LogP contribution in [0.3, 0.4) is 0 Å². The highest BCUT2D eigenvalue weighted by Crippen LogP contribution is 2.37. The van der Waals surface area contributed by atoms with Crippen molar-refractivity contribution in [1.82, 2.24) is 34.4 Å². The molecule has 1 aromatic carbocycles. The van der Waals surface area contributed by atoms with Crippen LogP contribution in [0.2, 0.25) is 0 Å². The van der Waals surface area contributed by atoms with Gasteiger partial charge < -0.3 is 21.3 Å². The zero-order valence-electron chi connectivity index (χ0n) is 23.4. The predicted molar refractivity (Wildman–Crippen MR) is 150 cm³/mol. The van der Waals surface area contributed by atoms with E-state index in [9.17, 15) is 22.8 Å². The number of nitrogens with two attached hydrogens (primary N) is 1. The van der Waals surface area contributed by atoms with Crippen LogP contribution in [0.5, 0.6) is 0 Å². The molecule has 15 heteroatoms. The second-order valence-electron chi connectivity index (χ2n) is 10.2. The van der Waals surface area contributed by atoms with Crippen LogP contribution in [0.25, 0.3) is 16.9 Å². The summed E-state index contributed by atoms with van der Waals surface area (Å²) >= 11 is 0. The van der Waals surface area contributed by atoms with Gasteiger partial charge in [-0.15, -0.1) is 0 Å². The third kappa shape index (κ3) is 6.00. The molecule has 0 radical (unpaired) electrons. The van der Waals surface area contributed by atoms with Gasteiger partial charge >= 0.3 is 6.18 Å². The number of anilines is 2. The van der Waals surface area contributed by atoms with Gasteiger partial charge in [-0.25, -0.2) is 9.97 Å². The van der Waals surface area contributed by atoms with Gasteiger partial charge in [-0.3, -0.25) is 18.7 Å². The van der Waals surface area contributed by atoms with E-state index in [0.29, 0.717) is 36.3 Å². The number of imidazole rings is 1. The minimum Gasteiger partial charge on any atom is -0.341 e. The first kappa shape index (κ1) is 29.5. The first-order valence-electron chi connectivity index (χ1n) is 13.6. The number of benzene rings is 1. The molecule has 3 aromatic heterocycles. The summed E-state index contributed by atoms with van der Waals surface area (Å²) in [4.78, 5) is 36.1. The second kappa shape index (κ2) is 11.7. The average molecular weight is 595 g/mol. The van der Waals surface area contributed by atoms with Crippen molar-refractivity contribution in [1.29, 1.82) is 5.26 Å². The van der Waals surface area contributed by atoms with Gasteiger partial charge in [0, 0.05) is 49.0 Å². The van der Waals surface area contributed by atoms with E-state index in [-0.39, 0.29) is 47.1 Å². The fourth-order valence-electron chi connectivity index (χ4n) is 5.10. The number of nitrogens with zero attached hydrogens (tertiary/aromatic N) is 7. The standard InChI is InChI=1S/C28H29F3N10O2/c1-3-17-12-19(4-5-20(17)26(42)36-16(2)27(43)39-9-6-18(33)14-39)37-24-25-35-13-22(41(25)11-8-34-24)21-15-40(10-7-32)38-23(21)28(29,30)31/h4-5,8,11-13,15-16,18H,3,6,9-10,14,33H2,1-2H3,(H,34,37)(H,36,42)/t16?,18-/m0/s1. The summed E-state index contributed by atoms with van der Waals surface area (Å²) in [6.07, 6.45) is 1.84. The Morgan fingerprint density at radius 3 is 2.74 bits per heavy atom. The summed E-state index contributed by atoms with van der Waals surface area (Å²) < 4.78 is 43.6. The van der Waals surface area contributed by atoms with Crippen molar-refractivity contribution in [3.63, 3.8) is 0 Å². The summed E-state index contributed by atoms with van der Waals surface area (Å²) in [6.45, 7) is 4.22. The van der Waals surface area contributed by atoms with Crippen LogP contribution in [0.15, 0.2) is 43.0 Å². The fourth-order valence-corrected chi connectivity index (χ4v) is 5.10. The van der Waals surface area contributed by atoms with Gasteiger partial charge in [0.2, 0.25) is 5.91 Å². The molecular weight excluding hydrogens is 565 g/mol. The van der Waals surface area contributed by atoms with Crippen molar-refractivity contribution >= 4 is 29.0 Å². The third-order valence-electron chi connectivity index (χ3n) is 7.21. The minimum atomic E-state index is -4.74. The highest BCUT2D eigenvalue weighted by molar-refractivity contribution is 5.99. The topological polar surface area (TPSA) is 159 Å². The first-order chi connectivity index (χ1) is 20.5. The van der Waals surface area contributed by atoms with Gasteiger partial charge in [-0.05, 0) is 43.5 Å². The largest absolute Gasteiger partial charge is 0.435 e. The van der Waals surface area contributed by atoms with Gasteiger partial charge in [0.25, 0.3) is 5.91 Å². The molecule has 43 heavy (non-hydrogen) atoms. The van der Waals surface area contributed by atoms with E-state index < -0.39 is 17.9 Å². The van der Waals surface area contributed by atoms with Gasteiger partial charge in [-0.1, -0.05) is 6.92 Å². The Labute approximate surface area is 244 Å². The van der Waals surface area contributed by atoms with Crippen molar-refractivity contribution in [3.05, 3.63) is 59.8 Å². The highest BCUT2D eigenvalue weighted by atomic mass is 19.4. The maximum Gasteiger partial charge on any atom is 0.435 e. The number of hydrogen-bond donors (Lipinski definition) is 3. The lowest BCUT2D eigenvalue weighted by molar-refractivity contribution is -0.141. The molecule has 0 bridgehead atoms. The molecule has 0 spiro atoms. The molecule has 1 saturated heterocycles. The first-order valence-corrected chi connectivity index (χ1v) is 13.6. The van der Waals surface area contributed by atoms with Crippen LogP contribution in [0.4, 0.5) is 24.7 Å². The molecule has 1 unspecified atom stereocenters. The van der Waals surface area contributed by atoms with Gasteiger partial charge in [0.1, 0.15) is 12.6 Å². The number of hydrogen-bond acceptors (Lipinski definition) is 8. The summed E-state index contributed by atoms with van der Waals surface area (Å²) in [7, 11) is 0. The molecule has 4 aromatic rings. The molecule has 0 aliphatic carbocycles. The molecule has 5 rings (SSSR count). The van der Waals surface area contributed by atoms with Crippen molar-refractivity contribution < 1.29 is 22.8 Å². The smallest absolute Gasteiger partial charge is 0.341 e. The number of halogens is 3. The molecule has 4 N–H and O–H groups in total. The average Bonchev–Trinajstić information content (AvgIpc) is 3.71. The number of nitriles is 1. The van der Waals surface area contributed by atoms with Crippen LogP contribution in [-0.4, -0.2) is 66.0 Å².